The maximum Gasteiger partial charge on any atom is 0.412 e. The van der Waals surface area contributed by atoms with Crippen molar-refractivity contribution in [1.29, 1.82) is 0 Å². The van der Waals surface area contributed by atoms with Gasteiger partial charge in [-0.2, -0.15) is 0 Å². The minimum Gasteiger partial charge on any atom is -0.491 e. The Morgan fingerprint density at radius 1 is 1.20 bits per heavy atom. The number of nitrogens with zero attached hydrogens (tertiary/aromatic N) is 1. The minimum atomic E-state index is -0.422. The fourth-order valence-corrected chi connectivity index (χ4v) is 3.09. The zero-order chi connectivity index (χ0) is 17.9. The summed E-state index contributed by atoms with van der Waals surface area (Å²) in [6, 6.07) is 7.50. The van der Waals surface area contributed by atoms with Gasteiger partial charge < -0.3 is 9.47 Å². The van der Waals surface area contributed by atoms with Crippen molar-refractivity contribution in [3.05, 3.63) is 24.3 Å². The Morgan fingerprint density at radius 2 is 1.96 bits per heavy atom. The van der Waals surface area contributed by atoms with Gasteiger partial charge in [0.25, 0.3) is 0 Å². The van der Waals surface area contributed by atoms with Crippen LogP contribution in [0.2, 0.25) is 0 Å². The van der Waals surface area contributed by atoms with Crippen molar-refractivity contribution in [3.63, 3.8) is 0 Å². The molecule has 5 heteroatoms. The molecule has 2 rings (SSSR count). The molecule has 1 N–H and O–H groups in total. The van der Waals surface area contributed by atoms with Crippen molar-refractivity contribution < 1.29 is 14.3 Å². The molecule has 1 aromatic rings. The molecule has 0 aromatic heterocycles. The molecule has 1 amide bonds. The Hall–Kier alpha value is -1.75. The molecule has 0 aliphatic carbocycles. The van der Waals surface area contributed by atoms with Crippen LogP contribution in [0.4, 0.5) is 10.5 Å². The first-order valence-electron chi connectivity index (χ1n) is 9.61. The van der Waals surface area contributed by atoms with Crippen LogP contribution in [0.1, 0.15) is 52.4 Å². The number of hydrogen-bond donors (Lipinski definition) is 1. The van der Waals surface area contributed by atoms with Crippen LogP contribution in [0.15, 0.2) is 24.3 Å². The number of unbranched alkanes of at least 4 members (excludes halogenated alkanes) is 2. The zero-order valence-corrected chi connectivity index (χ0v) is 15.6. The lowest BCUT2D eigenvalue weighted by Crippen LogP contribution is -2.37. The number of piperidine rings is 1. The zero-order valence-electron chi connectivity index (χ0n) is 15.6. The maximum absolute atomic E-state index is 12.2. The smallest absolute Gasteiger partial charge is 0.412 e. The summed E-state index contributed by atoms with van der Waals surface area (Å²) in [7, 11) is 0. The normalized spacial score (nSPS) is 16.2. The third kappa shape index (κ3) is 7.34. The van der Waals surface area contributed by atoms with E-state index in [0.717, 1.165) is 38.9 Å². The van der Waals surface area contributed by atoms with Gasteiger partial charge in [0.1, 0.15) is 11.9 Å². The van der Waals surface area contributed by atoms with Gasteiger partial charge in [-0.15, -0.1) is 0 Å². The number of anilines is 1. The molecule has 1 saturated heterocycles. The van der Waals surface area contributed by atoms with Crippen LogP contribution in [0.3, 0.4) is 0 Å². The second-order valence-electron chi connectivity index (χ2n) is 6.75. The van der Waals surface area contributed by atoms with Gasteiger partial charge in [-0.1, -0.05) is 38.3 Å². The van der Waals surface area contributed by atoms with Gasteiger partial charge in [0, 0.05) is 6.54 Å². The van der Waals surface area contributed by atoms with Crippen molar-refractivity contribution in [2.75, 3.05) is 31.6 Å². The molecule has 1 aliphatic heterocycles. The van der Waals surface area contributed by atoms with Crippen molar-refractivity contribution in [1.82, 2.24) is 4.90 Å². The predicted octanol–water partition coefficient (Wildman–Crippen LogP) is 4.68. The summed E-state index contributed by atoms with van der Waals surface area (Å²) in [5.41, 5.74) is 0.661. The molecule has 1 aromatic carbocycles. The highest BCUT2D eigenvalue weighted by molar-refractivity contribution is 5.86. The summed E-state index contributed by atoms with van der Waals surface area (Å²) in [6.07, 6.45) is 6.55. The molecule has 1 heterocycles. The number of para-hydroxylation sites is 2. The standard InChI is InChI=1S/C20H32N2O3/c1-3-4-10-15-24-19-12-7-6-11-18(19)21-20(23)25-17(2)16-22-13-8-5-9-14-22/h6-7,11-12,17H,3-5,8-10,13-16H2,1-2H3,(H,21,23)/t17-/m0/s1. The van der Waals surface area contributed by atoms with E-state index in [1.807, 2.05) is 31.2 Å². The van der Waals surface area contributed by atoms with Crippen LogP contribution in [0.5, 0.6) is 5.75 Å². The molecule has 1 atom stereocenters. The van der Waals surface area contributed by atoms with Crippen LogP contribution < -0.4 is 10.1 Å². The summed E-state index contributed by atoms with van der Waals surface area (Å²) < 4.78 is 11.3. The lowest BCUT2D eigenvalue weighted by Gasteiger charge is -2.28. The molecule has 1 fully saturated rings. The number of benzene rings is 1. The first-order valence-corrected chi connectivity index (χ1v) is 9.61. The van der Waals surface area contributed by atoms with E-state index in [1.165, 1.54) is 19.3 Å². The highest BCUT2D eigenvalue weighted by Crippen LogP contribution is 2.24. The number of carbonyl (C=O) groups excluding carboxylic acids is 1. The summed E-state index contributed by atoms with van der Waals surface area (Å²) in [6.45, 7) is 7.76. The van der Waals surface area contributed by atoms with Crippen LogP contribution in [-0.4, -0.2) is 43.3 Å². The Balaban J connectivity index is 1.78. The van der Waals surface area contributed by atoms with E-state index in [1.54, 1.807) is 0 Å². The van der Waals surface area contributed by atoms with Gasteiger partial charge in [-0.3, -0.25) is 10.2 Å². The number of hydrogen-bond acceptors (Lipinski definition) is 4. The Labute approximate surface area is 151 Å². The van der Waals surface area contributed by atoms with Crippen LogP contribution in [0, 0.1) is 0 Å². The monoisotopic (exact) mass is 348 g/mol. The molecule has 0 spiro atoms. The quantitative estimate of drug-likeness (QED) is 0.658. The molecule has 5 nitrogen and oxygen atoms in total. The molecular weight excluding hydrogens is 316 g/mol. The first-order chi connectivity index (χ1) is 12.2. The SMILES string of the molecule is CCCCCOc1ccccc1NC(=O)O[C@@H](C)CN1CCCCC1. The van der Waals surface area contributed by atoms with Crippen LogP contribution >= 0.6 is 0 Å². The van der Waals surface area contributed by atoms with Crippen molar-refractivity contribution in [2.45, 2.75) is 58.5 Å². The number of ether oxygens (including phenoxy) is 2. The number of nitrogens with one attached hydrogen (secondary N) is 1. The lowest BCUT2D eigenvalue weighted by atomic mass is 10.1. The van der Waals surface area contributed by atoms with Crippen LogP contribution in [-0.2, 0) is 4.74 Å². The topological polar surface area (TPSA) is 50.8 Å². The van der Waals surface area contributed by atoms with E-state index in [4.69, 9.17) is 9.47 Å². The fourth-order valence-electron chi connectivity index (χ4n) is 3.09. The minimum absolute atomic E-state index is 0.129. The second-order valence-corrected chi connectivity index (χ2v) is 6.75. The summed E-state index contributed by atoms with van der Waals surface area (Å²) >= 11 is 0. The summed E-state index contributed by atoms with van der Waals surface area (Å²) in [5, 5.41) is 2.81. The molecule has 0 radical (unpaired) electrons. The van der Waals surface area contributed by atoms with Gasteiger partial charge in [0.2, 0.25) is 0 Å². The van der Waals surface area contributed by atoms with E-state index in [2.05, 4.69) is 17.1 Å². The van der Waals surface area contributed by atoms with Gasteiger partial charge in [-0.05, 0) is 51.4 Å². The van der Waals surface area contributed by atoms with Gasteiger partial charge in [0.15, 0.2) is 0 Å². The Bertz CT molecular complexity index is 515. The Morgan fingerprint density at radius 3 is 2.72 bits per heavy atom. The van der Waals surface area contributed by atoms with Gasteiger partial charge in [0.05, 0.1) is 12.3 Å². The second kappa shape index (κ2) is 11.0. The van der Waals surface area contributed by atoms with Gasteiger partial charge in [-0.25, -0.2) is 4.79 Å². The third-order valence-electron chi connectivity index (χ3n) is 4.40. The first kappa shape index (κ1) is 19.6. The van der Waals surface area contributed by atoms with Crippen LogP contribution in [0.25, 0.3) is 0 Å². The summed E-state index contributed by atoms with van der Waals surface area (Å²) in [4.78, 5) is 14.6. The maximum atomic E-state index is 12.2. The average molecular weight is 348 g/mol. The van der Waals surface area contributed by atoms with E-state index in [9.17, 15) is 4.79 Å². The highest BCUT2D eigenvalue weighted by Gasteiger charge is 2.17. The predicted molar refractivity (Wildman–Crippen MR) is 101 cm³/mol. The molecule has 25 heavy (non-hydrogen) atoms. The lowest BCUT2D eigenvalue weighted by molar-refractivity contribution is 0.0832. The highest BCUT2D eigenvalue weighted by atomic mass is 16.6. The summed E-state index contributed by atoms with van der Waals surface area (Å²) in [5.74, 6) is 0.694. The molecule has 0 saturated carbocycles. The largest absolute Gasteiger partial charge is 0.491 e. The number of rotatable bonds is 9. The molecule has 140 valence electrons. The molecule has 0 bridgehead atoms. The van der Waals surface area contributed by atoms with E-state index in [0.29, 0.717) is 18.0 Å². The van der Waals surface area contributed by atoms with E-state index >= 15 is 0 Å². The molecular formula is C20H32N2O3. The van der Waals surface area contributed by atoms with Crippen molar-refractivity contribution >= 4 is 11.8 Å². The number of amides is 1. The van der Waals surface area contributed by atoms with Gasteiger partial charge >= 0.3 is 6.09 Å². The molecule has 0 unspecified atom stereocenters. The van der Waals surface area contributed by atoms with E-state index in [-0.39, 0.29) is 6.10 Å². The molecule has 1 aliphatic rings. The number of likely N-dealkylation sites (tertiary alicyclic amines) is 1. The van der Waals surface area contributed by atoms with Crippen molar-refractivity contribution in [3.8, 4) is 5.75 Å². The fraction of sp³-hybridized carbons (Fsp3) is 0.650. The third-order valence-corrected chi connectivity index (χ3v) is 4.40. The average Bonchev–Trinajstić information content (AvgIpc) is 2.60. The Kier molecular flexibility index (Phi) is 8.60. The number of carbonyl (C=O) groups is 1. The van der Waals surface area contributed by atoms with Crippen molar-refractivity contribution in [2.24, 2.45) is 0 Å². The van der Waals surface area contributed by atoms with E-state index < -0.39 is 6.09 Å².